The fourth-order valence-electron chi connectivity index (χ4n) is 3.18. The Kier molecular flexibility index (Phi) is 6.38. The van der Waals surface area contributed by atoms with Crippen molar-refractivity contribution >= 4 is 5.69 Å². The third-order valence-corrected chi connectivity index (χ3v) is 4.42. The van der Waals surface area contributed by atoms with Gasteiger partial charge in [-0.2, -0.15) is 0 Å². The van der Waals surface area contributed by atoms with Crippen LogP contribution in [0.1, 0.15) is 51.0 Å². The zero-order valence-electron chi connectivity index (χ0n) is 13.2. The van der Waals surface area contributed by atoms with Crippen molar-refractivity contribution in [2.24, 2.45) is 0 Å². The summed E-state index contributed by atoms with van der Waals surface area (Å²) in [5.74, 6) is 0. The standard InChI is InChI=1S/C18H30N2/c1-3-20(18-12-8-9-16(2)15-18)14-13-19-17-10-6-4-5-7-11-17/h8-9,12,15,17,19H,3-7,10-11,13-14H2,1-2H3. The number of rotatable bonds is 6. The summed E-state index contributed by atoms with van der Waals surface area (Å²) < 4.78 is 0. The van der Waals surface area contributed by atoms with Crippen molar-refractivity contribution in [3.8, 4) is 0 Å². The Morgan fingerprint density at radius 3 is 2.55 bits per heavy atom. The summed E-state index contributed by atoms with van der Waals surface area (Å²) in [4.78, 5) is 2.47. The smallest absolute Gasteiger partial charge is 0.0369 e. The molecule has 0 aliphatic heterocycles. The van der Waals surface area contributed by atoms with E-state index in [0.29, 0.717) is 0 Å². The molecule has 2 nitrogen and oxygen atoms in total. The molecule has 0 heterocycles. The summed E-state index contributed by atoms with van der Waals surface area (Å²) in [5.41, 5.74) is 2.70. The lowest BCUT2D eigenvalue weighted by Gasteiger charge is -2.25. The number of nitrogens with zero attached hydrogens (tertiary/aromatic N) is 1. The van der Waals surface area contributed by atoms with Gasteiger partial charge in [0.05, 0.1) is 0 Å². The van der Waals surface area contributed by atoms with Gasteiger partial charge in [0.15, 0.2) is 0 Å². The SMILES string of the molecule is CCN(CCNC1CCCCCC1)c1cccc(C)c1. The van der Waals surface area contributed by atoms with Crippen LogP contribution in [0.5, 0.6) is 0 Å². The highest BCUT2D eigenvalue weighted by atomic mass is 15.1. The molecule has 0 unspecified atom stereocenters. The first-order chi connectivity index (χ1) is 9.79. The third-order valence-electron chi connectivity index (χ3n) is 4.42. The topological polar surface area (TPSA) is 15.3 Å². The Hall–Kier alpha value is -1.02. The molecule has 0 aromatic heterocycles. The minimum atomic E-state index is 0.758. The number of likely N-dealkylation sites (N-methyl/N-ethyl adjacent to an activating group) is 1. The van der Waals surface area contributed by atoms with Crippen molar-refractivity contribution < 1.29 is 0 Å². The van der Waals surface area contributed by atoms with Gasteiger partial charge in [-0.25, -0.2) is 0 Å². The minimum Gasteiger partial charge on any atom is -0.371 e. The van der Waals surface area contributed by atoms with Gasteiger partial charge in [0.1, 0.15) is 0 Å². The number of nitrogens with one attached hydrogen (secondary N) is 1. The van der Waals surface area contributed by atoms with Crippen LogP contribution in [-0.4, -0.2) is 25.7 Å². The van der Waals surface area contributed by atoms with E-state index in [1.807, 2.05) is 0 Å². The Morgan fingerprint density at radius 1 is 1.15 bits per heavy atom. The maximum absolute atomic E-state index is 3.77. The highest BCUT2D eigenvalue weighted by Crippen LogP contribution is 2.18. The van der Waals surface area contributed by atoms with Crippen LogP contribution in [0.2, 0.25) is 0 Å². The Bertz CT molecular complexity index is 381. The number of hydrogen-bond donors (Lipinski definition) is 1. The molecule has 0 saturated heterocycles. The minimum absolute atomic E-state index is 0.758. The van der Waals surface area contributed by atoms with E-state index in [1.54, 1.807) is 0 Å². The van der Waals surface area contributed by atoms with Gasteiger partial charge in [-0.05, 0) is 44.4 Å². The number of hydrogen-bond acceptors (Lipinski definition) is 2. The van der Waals surface area contributed by atoms with E-state index in [4.69, 9.17) is 0 Å². The van der Waals surface area contributed by atoms with Gasteiger partial charge in [-0.15, -0.1) is 0 Å². The van der Waals surface area contributed by atoms with Crippen LogP contribution in [0.3, 0.4) is 0 Å². The van der Waals surface area contributed by atoms with Crippen LogP contribution in [-0.2, 0) is 0 Å². The van der Waals surface area contributed by atoms with E-state index in [0.717, 1.165) is 25.7 Å². The van der Waals surface area contributed by atoms with Gasteiger partial charge in [-0.3, -0.25) is 0 Å². The summed E-state index contributed by atoms with van der Waals surface area (Å²) in [6, 6.07) is 9.60. The van der Waals surface area contributed by atoms with Crippen molar-refractivity contribution in [2.75, 3.05) is 24.5 Å². The molecule has 2 rings (SSSR count). The molecule has 1 aromatic carbocycles. The predicted molar refractivity (Wildman–Crippen MR) is 88.6 cm³/mol. The van der Waals surface area contributed by atoms with Gasteiger partial charge in [-0.1, -0.05) is 37.8 Å². The maximum Gasteiger partial charge on any atom is 0.0369 e. The zero-order valence-corrected chi connectivity index (χ0v) is 13.2. The van der Waals surface area contributed by atoms with Crippen LogP contribution < -0.4 is 10.2 Å². The second-order valence-electron chi connectivity index (χ2n) is 6.06. The largest absolute Gasteiger partial charge is 0.371 e. The first-order valence-corrected chi connectivity index (χ1v) is 8.34. The molecule has 0 bridgehead atoms. The molecule has 112 valence electrons. The summed E-state index contributed by atoms with van der Waals surface area (Å²) in [5, 5.41) is 3.77. The van der Waals surface area contributed by atoms with Crippen molar-refractivity contribution in [3.05, 3.63) is 29.8 Å². The van der Waals surface area contributed by atoms with Gasteiger partial charge in [0, 0.05) is 31.4 Å². The average Bonchev–Trinajstić information content (AvgIpc) is 2.72. The van der Waals surface area contributed by atoms with E-state index in [9.17, 15) is 0 Å². The molecule has 20 heavy (non-hydrogen) atoms. The third kappa shape index (κ3) is 4.82. The van der Waals surface area contributed by atoms with Crippen LogP contribution in [0.15, 0.2) is 24.3 Å². The number of anilines is 1. The first-order valence-electron chi connectivity index (χ1n) is 8.34. The molecule has 1 N–H and O–H groups in total. The van der Waals surface area contributed by atoms with Crippen LogP contribution in [0.25, 0.3) is 0 Å². The molecule has 1 fully saturated rings. The number of benzene rings is 1. The lowest BCUT2D eigenvalue weighted by molar-refractivity contribution is 0.462. The summed E-state index contributed by atoms with van der Waals surface area (Å²) >= 11 is 0. The van der Waals surface area contributed by atoms with E-state index in [-0.39, 0.29) is 0 Å². The normalized spacial score (nSPS) is 16.9. The van der Waals surface area contributed by atoms with E-state index in [2.05, 4.69) is 48.3 Å². The van der Waals surface area contributed by atoms with E-state index < -0.39 is 0 Å². The Labute approximate surface area is 124 Å². The first kappa shape index (κ1) is 15.4. The van der Waals surface area contributed by atoms with Crippen molar-refractivity contribution in [3.63, 3.8) is 0 Å². The van der Waals surface area contributed by atoms with Gasteiger partial charge >= 0.3 is 0 Å². The molecule has 1 saturated carbocycles. The summed E-state index contributed by atoms with van der Waals surface area (Å²) in [6.07, 6.45) is 8.43. The quantitative estimate of drug-likeness (QED) is 0.785. The Balaban J connectivity index is 1.78. The van der Waals surface area contributed by atoms with Crippen molar-refractivity contribution in [1.82, 2.24) is 5.32 Å². The zero-order chi connectivity index (χ0) is 14.2. The lowest BCUT2D eigenvalue weighted by atomic mass is 10.1. The van der Waals surface area contributed by atoms with E-state index >= 15 is 0 Å². The molecule has 1 aliphatic rings. The summed E-state index contributed by atoms with van der Waals surface area (Å²) in [7, 11) is 0. The molecular weight excluding hydrogens is 244 g/mol. The lowest BCUT2D eigenvalue weighted by Crippen LogP contribution is -2.37. The molecule has 2 heteroatoms. The summed E-state index contributed by atoms with van der Waals surface area (Å²) in [6.45, 7) is 7.70. The molecule has 0 radical (unpaired) electrons. The highest BCUT2D eigenvalue weighted by molar-refractivity contribution is 5.48. The second kappa shape index (κ2) is 8.31. The Morgan fingerprint density at radius 2 is 1.90 bits per heavy atom. The monoisotopic (exact) mass is 274 g/mol. The molecular formula is C18H30N2. The van der Waals surface area contributed by atoms with Gasteiger partial charge in [0.2, 0.25) is 0 Å². The van der Waals surface area contributed by atoms with Crippen LogP contribution >= 0.6 is 0 Å². The maximum atomic E-state index is 3.77. The molecule has 1 aliphatic carbocycles. The van der Waals surface area contributed by atoms with Crippen molar-refractivity contribution in [2.45, 2.75) is 58.4 Å². The number of aryl methyl sites for hydroxylation is 1. The highest BCUT2D eigenvalue weighted by Gasteiger charge is 2.11. The van der Waals surface area contributed by atoms with Crippen LogP contribution in [0.4, 0.5) is 5.69 Å². The van der Waals surface area contributed by atoms with Gasteiger partial charge < -0.3 is 10.2 Å². The van der Waals surface area contributed by atoms with Crippen LogP contribution in [0, 0.1) is 6.92 Å². The predicted octanol–water partition coefficient (Wildman–Crippen LogP) is 4.13. The molecule has 0 atom stereocenters. The fraction of sp³-hybridized carbons (Fsp3) is 0.667. The second-order valence-corrected chi connectivity index (χ2v) is 6.06. The molecule has 0 amide bonds. The molecule has 0 spiro atoms. The van der Waals surface area contributed by atoms with E-state index in [1.165, 1.54) is 49.8 Å². The fourth-order valence-corrected chi connectivity index (χ4v) is 3.18. The van der Waals surface area contributed by atoms with Crippen molar-refractivity contribution in [1.29, 1.82) is 0 Å². The molecule has 1 aromatic rings. The van der Waals surface area contributed by atoms with Gasteiger partial charge in [0.25, 0.3) is 0 Å². The average molecular weight is 274 g/mol.